The van der Waals surface area contributed by atoms with Gasteiger partial charge in [0, 0.05) is 31.4 Å². The first-order valence-electron chi connectivity index (χ1n) is 7.73. The average Bonchev–Trinajstić information content (AvgIpc) is 2.54. The number of rotatable bonds is 4. The van der Waals surface area contributed by atoms with Crippen LogP contribution in [-0.4, -0.2) is 23.1 Å². The highest BCUT2D eigenvalue weighted by Crippen LogP contribution is 2.24. The molecule has 1 aromatic heterocycles. The maximum Gasteiger partial charge on any atom is 0.224 e. The van der Waals surface area contributed by atoms with Crippen LogP contribution in [-0.2, 0) is 19.4 Å². The van der Waals surface area contributed by atoms with Crippen LogP contribution in [0.15, 0.2) is 30.3 Å². The van der Waals surface area contributed by atoms with Crippen molar-refractivity contribution in [3.05, 3.63) is 47.2 Å². The zero-order valence-electron chi connectivity index (χ0n) is 12.8. The van der Waals surface area contributed by atoms with E-state index in [4.69, 9.17) is 0 Å². The van der Waals surface area contributed by atoms with E-state index < -0.39 is 0 Å². The fraction of sp³-hybridized carbons (Fsp3) is 0.412. The Labute approximate surface area is 126 Å². The smallest absolute Gasteiger partial charge is 0.224 e. The van der Waals surface area contributed by atoms with Crippen molar-refractivity contribution in [3.63, 3.8) is 0 Å². The topological polar surface area (TPSA) is 41.1 Å². The minimum atomic E-state index is 0.741. The van der Waals surface area contributed by atoms with E-state index in [2.05, 4.69) is 64.4 Å². The van der Waals surface area contributed by atoms with Gasteiger partial charge in [-0.1, -0.05) is 31.2 Å². The van der Waals surface area contributed by atoms with Gasteiger partial charge in [0.15, 0.2) is 0 Å². The molecule has 2 heterocycles. The van der Waals surface area contributed by atoms with Crippen molar-refractivity contribution in [2.24, 2.45) is 0 Å². The predicted octanol–water partition coefficient (Wildman–Crippen LogP) is 3.03. The lowest BCUT2D eigenvalue weighted by Crippen LogP contribution is -2.31. The van der Waals surface area contributed by atoms with E-state index >= 15 is 0 Å². The van der Waals surface area contributed by atoms with Gasteiger partial charge in [-0.05, 0) is 30.9 Å². The summed E-state index contributed by atoms with van der Waals surface area (Å²) in [6, 6.07) is 10.8. The summed E-state index contributed by atoms with van der Waals surface area (Å²) in [6.07, 6.45) is 2.01. The van der Waals surface area contributed by atoms with Crippen LogP contribution in [0, 0.1) is 0 Å². The van der Waals surface area contributed by atoms with Crippen LogP contribution in [0.3, 0.4) is 0 Å². The lowest BCUT2D eigenvalue weighted by atomic mass is 10.00. The van der Waals surface area contributed by atoms with Crippen molar-refractivity contribution < 1.29 is 0 Å². The van der Waals surface area contributed by atoms with Gasteiger partial charge in [-0.3, -0.25) is 0 Å². The average molecular weight is 282 g/mol. The first kappa shape index (κ1) is 13.9. The van der Waals surface area contributed by atoms with Crippen LogP contribution >= 0.6 is 0 Å². The third kappa shape index (κ3) is 2.99. The maximum absolute atomic E-state index is 4.67. The SMILES string of the molecule is CCNc1nc(CC)cc(N2CCc3ccccc3C2)n1. The fourth-order valence-electron chi connectivity index (χ4n) is 2.75. The Balaban J connectivity index is 1.89. The van der Waals surface area contributed by atoms with Gasteiger partial charge >= 0.3 is 0 Å². The minimum Gasteiger partial charge on any atom is -0.354 e. The number of aromatic nitrogens is 2. The molecule has 0 saturated carbocycles. The molecule has 3 rings (SSSR count). The lowest BCUT2D eigenvalue weighted by Gasteiger charge is -2.30. The quantitative estimate of drug-likeness (QED) is 0.936. The highest BCUT2D eigenvalue weighted by Gasteiger charge is 2.18. The predicted molar refractivity (Wildman–Crippen MR) is 86.8 cm³/mol. The minimum absolute atomic E-state index is 0.741. The van der Waals surface area contributed by atoms with Crippen LogP contribution in [0.5, 0.6) is 0 Å². The van der Waals surface area contributed by atoms with Gasteiger partial charge < -0.3 is 10.2 Å². The number of anilines is 2. The Bertz CT molecular complexity index is 624. The summed E-state index contributed by atoms with van der Waals surface area (Å²) in [5.41, 5.74) is 3.96. The van der Waals surface area contributed by atoms with E-state index in [9.17, 15) is 0 Å². The van der Waals surface area contributed by atoms with Crippen LogP contribution in [0.1, 0.15) is 30.7 Å². The number of nitrogens with zero attached hydrogens (tertiary/aromatic N) is 3. The Hall–Kier alpha value is -2.10. The van der Waals surface area contributed by atoms with Crippen molar-refractivity contribution in [1.29, 1.82) is 0 Å². The molecule has 0 saturated heterocycles. The molecule has 0 unspecified atom stereocenters. The van der Waals surface area contributed by atoms with Gasteiger partial charge in [0.05, 0.1) is 0 Å². The summed E-state index contributed by atoms with van der Waals surface area (Å²) in [4.78, 5) is 11.6. The number of hydrogen-bond donors (Lipinski definition) is 1. The van der Waals surface area contributed by atoms with Gasteiger partial charge in [-0.25, -0.2) is 4.98 Å². The Kier molecular flexibility index (Phi) is 4.04. The molecule has 1 aromatic carbocycles. The zero-order valence-corrected chi connectivity index (χ0v) is 12.8. The Morgan fingerprint density at radius 2 is 1.95 bits per heavy atom. The van der Waals surface area contributed by atoms with Crippen LogP contribution < -0.4 is 10.2 Å². The number of aryl methyl sites for hydroxylation is 1. The zero-order chi connectivity index (χ0) is 14.7. The third-order valence-corrected chi connectivity index (χ3v) is 3.92. The van der Waals surface area contributed by atoms with Gasteiger partial charge in [0.25, 0.3) is 0 Å². The Morgan fingerprint density at radius 1 is 1.14 bits per heavy atom. The first-order chi connectivity index (χ1) is 10.3. The molecular weight excluding hydrogens is 260 g/mol. The summed E-state index contributed by atoms with van der Waals surface area (Å²) in [6.45, 7) is 6.99. The number of hydrogen-bond acceptors (Lipinski definition) is 4. The first-order valence-corrected chi connectivity index (χ1v) is 7.73. The number of fused-ring (bicyclic) bond motifs is 1. The van der Waals surface area contributed by atoms with E-state index in [1.54, 1.807) is 0 Å². The Morgan fingerprint density at radius 3 is 2.71 bits per heavy atom. The van der Waals surface area contributed by atoms with Gasteiger partial charge in [-0.15, -0.1) is 0 Å². The molecule has 0 atom stereocenters. The summed E-state index contributed by atoms with van der Waals surface area (Å²) >= 11 is 0. The fourth-order valence-corrected chi connectivity index (χ4v) is 2.75. The van der Waals surface area contributed by atoms with E-state index in [1.165, 1.54) is 11.1 Å². The molecule has 110 valence electrons. The third-order valence-electron chi connectivity index (χ3n) is 3.92. The van der Waals surface area contributed by atoms with Crippen LogP contribution in [0.25, 0.3) is 0 Å². The van der Waals surface area contributed by atoms with Crippen molar-refractivity contribution in [2.45, 2.75) is 33.2 Å². The molecule has 0 amide bonds. The second-order valence-electron chi connectivity index (χ2n) is 5.37. The number of benzene rings is 1. The molecule has 1 aliphatic heterocycles. The van der Waals surface area contributed by atoms with E-state index in [0.29, 0.717) is 0 Å². The molecule has 0 aliphatic carbocycles. The summed E-state index contributed by atoms with van der Waals surface area (Å²) in [5, 5.41) is 3.23. The normalized spacial score (nSPS) is 13.9. The molecule has 0 radical (unpaired) electrons. The van der Waals surface area contributed by atoms with E-state index in [1.807, 2.05) is 0 Å². The van der Waals surface area contributed by atoms with Crippen molar-refractivity contribution in [2.75, 3.05) is 23.3 Å². The van der Waals surface area contributed by atoms with Crippen molar-refractivity contribution >= 4 is 11.8 Å². The monoisotopic (exact) mass is 282 g/mol. The summed E-state index contributed by atoms with van der Waals surface area (Å²) in [7, 11) is 0. The standard InChI is InChI=1S/C17H22N4/c1-3-15-11-16(20-17(19-15)18-4-2)21-10-9-13-7-5-6-8-14(13)12-21/h5-8,11H,3-4,9-10,12H2,1-2H3,(H,18,19,20). The second kappa shape index (κ2) is 6.12. The highest BCUT2D eigenvalue weighted by atomic mass is 15.2. The molecule has 4 nitrogen and oxygen atoms in total. The molecule has 0 fully saturated rings. The van der Waals surface area contributed by atoms with E-state index in [0.717, 1.165) is 49.9 Å². The lowest BCUT2D eigenvalue weighted by molar-refractivity contribution is 0.718. The molecule has 1 aliphatic rings. The van der Waals surface area contributed by atoms with Crippen LogP contribution in [0.4, 0.5) is 11.8 Å². The van der Waals surface area contributed by atoms with Gasteiger partial charge in [0.1, 0.15) is 5.82 Å². The molecule has 4 heteroatoms. The molecule has 0 spiro atoms. The van der Waals surface area contributed by atoms with E-state index in [-0.39, 0.29) is 0 Å². The molecule has 1 N–H and O–H groups in total. The largest absolute Gasteiger partial charge is 0.354 e. The molecule has 21 heavy (non-hydrogen) atoms. The highest BCUT2D eigenvalue weighted by molar-refractivity contribution is 5.48. The summed E-state index contributed by atoms with van der Waals surface area (Å²) < 4.78 is 0. The van der Waals surface area contributed by atoms with Gasteiger partial charge in [-0.2, -0.15) is 4.98 Å². The maximum atomic E-state index is 4.67. The van der Waals surface area contributed by atoms with Crippen LogP contribution in [0.2, 0.25) is 0 Å². The molecule has 0 bridgehead atoms. The number of nitrogens with one attached hydrogen (secondary N) is 1. The summed E-state index contributed by atoms with van der Waals surface area (Å²) in [5.74, 6) is 1.78. The van der Waals surface area contributed by atoms with Gasteiger partial charge in [0.2, 0.25) is 5.95 Å². The molecular formula is C17H22N4. The van der Waals surface area contributed by atoms with Crippen molar-refractivity contribution in [3.8, 4) is 0 Å². The van der Waals surface area contributed by atoms with Crippen molar-refractivity contribution in [1.82, 2.24) is 9.97 Å². The second-order valence-corrected chi connectivity index (χ2v) is 5.37. The molecule has 2 aromatic rings.